The molecule has 0 saturated heterocycles. The first-order valence-electron chi connectivity index (χ1n) is 6.55. The average Bonchev–Trinajstić information content (AvgIpc) is 2.36. The first kappa shape index (κ1) is 13.4. The second-order valence-corrected chi connectivity index (χ2v) is 5.53. The van der Waals surface area contributed by atoms with E-state index in [1.165, 1.54) is 5.56 Å². The summed E-state index contributed by atoms with van der Waals surface area (Å²) >= 11 is 0. The zero-order chi connectivity index (χ0) is 13.7. The van der Waals surface area contributed by atoms with Gasteiger partial charge in [-0.1, -0.05) is 54.6 Å². The average molecular weight is 252 g/mol. The highest BCUT2D eigenvalue weighted by atomic mass is 16.5. The van der Waals surface area contributed by atoms with E-state index in [1.807, 2.05) is 30.3 Å². The molecular formula is C18H20O. The summed E-state index contributed by atoms with van der Waals surface area (Å²) in [5, 5.41) is 0. The van der Waals surface area contributed by atoms with Crippen molar-refractivity contribution in [3.63, 3.8) is 0 Å². The molecule has 0 unspecified atom stereocenters. The van der Waals surface area contributed by atoms with Gasteiger partial charge in [0.05, 0.1) is 0 Å². The lowest BCUT2D eigenvalue weighted by atomic mass is 10.1. The van der Waals surface area contributed by atoms with Crippen LogP contribution in [0.1, 0.15) is 31.9 Å². The van der Waals surface area contributed by atoms with E-state index in [1.54, 1.807) is 0 Å². The molecule has 0 heterocycles. The molecule has 1 nitrogen and oxygen atoms in total. The second-order valence-electron chi connectivity index (χ2n) is 5.53. The van der Waals surface area contributed by atoms with Crippen molar-refractivity contribution >= 4 is 12.2 Å². The van der Waals surface area contributed by atoms with Gasteiger partial charge in [-0.05, 0) is 44.0 Å². The second kappa shape index (κ2) is 5.75. The molecule has 0 N–H and O–H groups in total. The molecule has 0 aliphatic heterocycles. The topological polar surface area (TPSA) is 9.23 Å². The third-order valence-corrected chi connectivity index (χ3v) is 2.55. The standard InChI is InChI=1S/C18H20O/c1-18(2,3)19-17-11-7-10-16(14-17)13-12-15-8-5-4-6-9-15/h4-14H,1-3H3/b13-12+. The molecule has 1 heteroatoms. The van der Waals surface area contributed by atoms with Gasteiger partial charge < -0.3 is 4.74 Å². The van der Waals surface area contributed by atoms with Crippen LogP contribution in [0.5, 0.6) is 5.75 Å². The van der Waals surface area contributed by atoms with Gasteiger partial charge in [0.1, 0.15) is 11.4 Å². The largest absolute Gasteiger partial charge is 0.488 e. The van der Waals surface area contributed by atoms with Gasteiger partial charge >= 0.3 is 0 Å². The summed E-state index contributed by atoms with van der Waals surface area (Å²) in [6, 6.07) is 18.4. The molecule has 2 rings (SSSR count). The van der Waals surface area contributed by atoms with Gasteiger partial charge in [-0.15, -0.1) is 0 Å². The van der Waals surface area contributed by atoms with Crippen LogP contribution in [0.2, 0.25) is 0 Å². The van der Waals surface area contributed by atoms with Crippen molar-refractivity contribution in [1.29, 1.82) is 0 Å². The Balaban J connectivity index is 2.13. The summed E-state index contributed by atoms with van der Waals surface area (Å²) in [6.07, 6.45) is 4.21. The summed E-state index contributed by atoms with van der Waals surface area (Å²) < 4.78 is 5.86. The lowest BCUT2D eigenvalue weighted by Crippen LogP contribution is -2.22. The zero-order valence-corrected chi connectivity index (χ0v) is 11.8. The number of hydrogen-bond acceptors (Lipinski definition) is 1. The van der Waals surface area contributed by atoms with Crippen LogP contribution in [0, 0.1) is 0 Å². The van der Waals surface area contributed by atoms with E-state index in [2.05, 4.69) is 57.2 Å². The minimum Gasteiger partial charge on any atom is -0.488 e. The lowest BCUT2D eigenvalue weighted by molar-refractivity contribution is 0.131. The van der Waals surface area contributed by atoms with Crippen LogP contribution in [-0.2, 0) is 0 Å². The normalized spacial score (nSPS) is 11.7. The van der Waals surface area contributed by atoms with Crippen LogP contribution < -0.4 is 4.74 Å². The SMILES string of the molecule is CC(C)(C)Oc1cccc(/C=C/c2ccccc2)c1. The van der Waals surface area contributed by atoms with E-state index in [0.29, 0.717) is 0 Å². The van der Waals surface area contributed by atoms with E-state index < -0.39 is 0 Å². The minimum absolute atomic E-state index is 0.165. The summed E-state index contributed by atoms with van der Waals surface area (Å²) in [6.45, 7) is 6.17. The maximum absolute atomic E-state index is 5.86. The first-order chi connectivity index (χ1) is 9.03. The molecule has 2 aromatic rings. The molecule has 19 heavy (non-hydrogen) atoms. The van der Waals surface area contributed by atoms with E-state index >= 15 is 0 Å². The maximum Gasteiger partial charge on any atom is 0.120 e. The molecule has 0 aliphatic carbocycles. The molecule has 0 fully saturated rings. The fourth-order valence-electron chi connectivity index (χ4n) is 1.79. The van der Waals surface area contributed by atoms with E-state index in [4.69, 9.17) is 4.74 Å². The molecule has 0 amide bonds. The van der Waals surface area contributed by atoms with Crippen molar-refractivity contribution in [3.05, 3.63) is 65.7 Å². The Morgan fingerprint density at radius 2 is 1.42 bits per heavy atom. The summed E-state index contributed by atoms with van der Waals surface area (Å²) in [4.78, 5) is 0. The van der Waals surface area contributed by atoms with Gasteiger partial charge in [0, 0.05) is 0 Å². The van der Waals surface area contributed by atoms with Gasteiger partial charge in [-0.3, -0.25) is 0 Å². The van der Waals surface area contributed by atoms with Gasteiger partial charge in [0.15, 0.2) is 0 Å². The van der Waals surface area contributed by atoms with Crippen molar-refractivity contribution < 1.29 is 4.74 Å². The zero-order valence-electron chi connectivity index (χ0n) is 11.8. The van der Waals surface area contributed by atoms with Crippen LogP contribution in [0.15, 0.2) is 54.6 Å². The van der Waals surface area contributed by atoms with Crippen LogP contribution in [0.4, 0.5) is 0 Å². The predicted molar refractivity (Wildman–Crippen MR) is 82.2 cm³/mol. The monoisotopic (exact) mass is 252 g/mol. The Kier molecular flexibility index (Phi) is 4.06. The maximum atomic E-state index is 5.86. The van der Waals surface area contributed by atoms with Crippen molar-refractivity contribution in [2.45, 2.75) is 26.4 Å². The van der Waals surface area contributed by atoms with Crippen molar-refractivity contribution in [1.82, 2.24) is 0 Å². The van der Waals surface area contributed by atoms with Crippen molar-refractivity contribution in [3.8, 4) is 5.75 Å². The summed E-state index contributed by atoms with van der Waals surface area (Å²) in [5.74, 6) is 0.905. The Bertz CT molecular complexity index is 547. The molecule has 0 radical (unpaired) electrons. The number of rotatable bonds is 3. The van der Waals surface area contributed by atoms with Gasteiger partial charge in [0.25, 0.3) is 0 Å². The highest BCUT2D eigenvalue weighted by molar-refractivity contribution is 5.70. The van der Waals surface area contributed by atoms with Gasteiger partial charge in [-0.25, -0.2) is 0 Å². The van der Waals surface area contributed by atoms with Crippen LogP contribution in [0.3, 0.4) is 0 Å². The fourth-order valence-corrected chi connectivity index (χ4v) is 1.79. The van der Waals surface area contributed by atoms with E-state index in [0.717, 1.165) is 11.3 Å². The van der Waals surface area contributed by atoms with E-state index in [-0.39, 0.29) is 5.60 Å². The van der Waals surface area contributed by atoms with Crippen molar-refractivity contribution in [2.24, 2.45) is 0 Å². The highest BCUT2D eigenvalue weighted by Crippen LogP contribution is 2.20. The number of ether oxygens (including phenoxy) is 1. The third kappa shape index (κ3) is 4.63. The van der Waals surface area contributed by atoms with Crippen molar-refractivity contribution in [2.75, 3.05) is 0 Å². The summed E-state index contributed by atoms with van der Waals surface area (Å²) in [7, 11) is 0. The Hall–Kier alpha value is -2.02. The van der Waals surface area contributed by atoms with Gasteiger partial charge in [-0.2, -0.15) is 0 Å². The molecule has 98 valence electrons. The minimum atomic E-state index is -0.165. The highest BCUT2D eigenvalue weighted by Gasteiger charge is 2.11. The smallest absolute Gasteiger partial charge is 0.120 e. The molecule has 0 aliphatic rings. The molecule has 0 saturated carbocycles. The molecular weight excluding hydrogens is 232 g/mol. The number of benzene rings is 2. The lowest BCUT2D eigenvalue weighted by Gasteiger charge is -2.21. The first-order valence-corrected chi connectivity index (χ1v) is 6.55. The quantitative estimate of drug-likeness (QED) is 0.696. The summed E-state index contributed by atoms with van der Waals surface area (Å²) in [5.41, 5.74) is 2.18. The Morgan fingerprint density at radius 1 is 0.789 bits per heavy atom. The Labute approximate surface area is 115 Å². The van der Waals surface area contributed by atoms with Gasteiger partial charge in [0.2, 0.25) is 0 Å². The molecule has 0 aromatic heterocycles. The molecule has 2 aromatic carbocycles. The van der Waals surface area contributed by atoms with Crippen LogP contribution in [-0.4, -0.2) is 5.60 Å². The predicted octanol–water partition coefficient (Wildman–Crippen LogP) is 5.03. The Morgan fingerprint density at radius 3 is 2.11 bits per heavy atom. The van der Waals surface area contributed by atoms with Crippen LogP contribution >= 0.6 is 0 Å². The van der Waals surface area contributed by atoms with Crippen LogP contribution in [0.25, 0.3) is 12.2 Å². The number of hydrogen-bond donors (Lipinski definition) is 0. The third-order valence-electron chi connectivity index (χ3n) is 2.55. The fraction of sp³-hybridized carbons (Fsp3) is 0.222. The molecule has 0 spiro atoms. The van der Waals surface area contributed by atoms with E-state index in [9.17, 15) is 0 Å². The molecule has 0 bridgehead atoms. The molecule has 0 atom stereocenters.